The summed E-state index contributed by atoms with van der Waals surface area (Å²) in [6.45, 7) is 5.11. The SMILES string of the molecule is CCOc1ccccc1N(CC(=O)N(Cc1ccc(F)cc1)[C@@H](Cc1ccccc1)C(=O)NC(C)C)S(C)(=O)=O. The number of sulfonamides is 1. The van der Waals surface area contributed by atoms with Gasteiger partial charge in [0, 0.05) is 19.0 Å². The van der Waals surface area contributed by atoms with Gasteiger partial charge >= 0.3 is 0 Å². The number of halogens is 1. The molecule has 1 N–H and O–H groups in total. The van der Waals surface area contributed by atoms with E-state index in [2.05, 4.69) is 5.32 Å². The van der Waals surface area contributed by atoms with Crippen molar-refractivity contribution in [1.82, 2.24) is 10.2 Å². The summed E-state index contributed by atoms with van der Waals surface area (Å²) in [5.41, 5.74) is 1.63. The number of carbonyl (C=O) groups excluding carboxylic acids is 2. The lowest BCUT2D eigenvalue weighted by molar-refractivity contribution is -0.140. The molecule has 0 fully saturated rings. The first-order chi connectivity index (χ1) is 19.0. The van der Waals surface area contributed by atoms with E-state index in [4.69, 9.17) is 4.74 Å². The number of para-hydroxylation sites is 2. The number of rotatable bonds is 13. The van der Waals surface area contributed by atoms with Crippen molar-refractivity contribution in [1.29, 1.82) is 0 Å². The largest absolute Gasteiger partial charge is 0.492 e. The second-order valence-corrected chi connectivity index (χ2v) is 11.6. The molecule has 0 aliphatic heterocycles. The summed E-state index contributed by atoms with van der Waals surface area (Å²) in [6.07, 6.45) is 1.21. The van der Waals surface area contributed by atoms with Crippen LogP contribution < -0.4 is 14.4 Å². The third-order valence-corrected chi connectivity index (χ3v) is 7.21. The Labute approximate surface area is 235 Å². The van der Waals surface area contributed by atoms with E-state index in [0.29, 0.717) is 17.9 Å². The van der Waals surface area contributed by atoms with Gasteiger partial charge in [0.1, 0.15) is 24.2 Å². The number of nitrogens with zero attached hydrogens (tertiary/aromatic N) is 2. The quantitative estimate of drug-likeness (QED) is 0.334. The van der Waals surface area contributed by atoms with Gasteiger partial charge in [-0.25, -0.2) is 12.8 Å². The zero-order valence-electron chi connectivity index (χ0n) is 23.2. The first kappa shape index (κ1) is 30.6. The number of hydrogen-bond acceptors (Lipinski definition) is 5. The summed E-state index contributed by atoms with van der Waals surface area (Å²) in [5, 5.41) is 2.89. The van der Waals surface area contributed by atoms with Crippen LogP contribution in [0.25, 0.3) is 0 Å². The lowest BCUT2D eigenvalue weighted by Crippen LogP contribution is -2.54. The summed E-state index contributed by atoms with van der Waals surface area (Å²) >= 11 is 0. The van der Waals surface area contributed by atoms with Crippen LogP contribution in [0, 0.1) is 5.82 Å². The molecule has 40 heavy (non-hydrogen) atoms. The highest BCUT2D eigenvalue weighted by Crippen LogP contribution is 2.30. The van der Waals surface area contributed by atoms with E-state index < -0.39 is 34.3 Å². The Morgan fingerprint density at radius 1 is 0.925 bits per heavy atom. The minimum atomic E-state index is -3.93. The van der Waals surface area contributed by atoms with Gasteiger partial charge in [-0.2, -0.15) is 0 Å². The fourth-order valence-corrected chi connectivity index (χ4v) is 5.11. The van der Waals surface area contributed by atoms with E-state index in [1.807, 2.05) is 44.2 Å². The average Bonchev–Trinajstić information content (AvgIpc) is 2.90. The molecule has 0 spiro atoms. The molecule has 0 bridgehead atoms. The lowest BCUT2D eigenvalue weighted by Gasteiger charge is -2.34. The van der Waals surface area contributed by atoms with E-state index in [0.717, 1.165) is 16.1 Å². The first-order valence-electron chi connectivity index (χ1n) is 13.1. The number of nitrogens with one attached hydrogen (secondary N) is 1. The number of ether oxygens (including phenoxy) is 1. The van der Waals surface area contributed by atoms with Crippen LogP contribution in [0.4, 0.5) is 10.1 Å². The summed E-state index contributed by atoms with van der Waals surface area (Å²) in [7, 11) is -3.93. The molecule has 214 valence electrons. The van der Waals surface area contributed by atoms with Crippen molar-refractivity contribution in [2.24, 2.45) is 0 Å². The Morgan fingerprint density at radius 2 is 1.55 bits per heavy atom. The highest BCUT2D eigenvalue weighted by Gasteiger charge is 2.34. The third kappa shape index (κ3) is 8.54. The maximum atomic E-state index is 14.1. The second-order valence-electron chi connectivity index (χ2n) is 9.69. The summed E-state index contributed by atoms with van der Waals surface area (Å²) in [4.78, 5) is 28.9. The van der Waals surface area contributed by atoms with Crippen LogP contribution in [0.15, 0.2) is 78.9 Å². The monoisotopic (exact) mass is 569 g/mol. The molecule has 0 saturated carbocycles. The van der Waals surface area contributed by atoms with Gasteiger partial charge in [-0.15, -0.1) is 0 Å². The molecule has 2 amide bonds. The van der Waals surface area contributed by atoms with Crippen LogP contribution in [0.3, 0.4) is 0 Å². The van der Waals surface area contributed by atoms with Crippen molar-refractivity contribution in [2.75, 3.05) is 23.7 Å². The summed E-state index contributed by atoms with van der Waals surface area (Å²) in [6, 6.07) is 20.3. The maximum absolute atomic E-state index is 14.1. The van der Waals surface area contributed by atoms with Crippen LogP contribution >= 0.6 is 0 Å². The number of carbonyl (C=O) groups is 2. The summed E-state index contributed by atoms with van der Waals surface area (Å²) in [5.74, 6) is -1.10. The van der Waals surface area contributed by atoms with E-state index in [1.54, 1.807) is 31.2 Å². The predicted octanol–water partition coefficient (Wildman–Crippen LogP) is 4.16. The Balaban J connectivity index is 2.07. The maximum Gasteiger partial charge on any atom is 0.244 e. The highest BCUT2D eigenvalue weighted by molar-refractivity contribution is 7.92. The van der Waals surface area contributed by atoms with Gasteiger partial charge in [0.2, 0.25) is 21.8 Å². The van der Waals surface area contributed by atoms with Gasteiger partial charge in [0.15, 0.2) is 0 Å². The molecule has 0 unspecified atom stereocenters. The fourth-order valence-electron chi connectivity index (χ4n) is 4.26. The molecule has 3 aromatic rings. The Bertz CT molecular complexity index is 1380. The Morgan fingerprint density at radius 3 is 2.15 bits per heavy atom. The van der Waals surface area contributed by atoms with Gasteiger partial charge in [-0.3, -0.25) is 13.9 Å². The molecule has 8 nitrogen and oxygen atoms in total. The number of hydrogen-bond donors (Lipinski definition) is 1. The molecule has 3 rings (SSSR count). The lowest BCUT2D eigenvalue weighted by atomic mass is 10.0. The zero-order chi connectivity index (χ0) is 29.3. The molecule has 0 aliphatic rings. The molecule has 10 heteroatoms. The van der Waals surface area contributed by atoms with Gasteiger partial charge in [0.05, 0.1) is 18.6 Å². The molecule has 0 heterocycles. The minimum absolute atomic E-state index is 0.0349. The fraction of sp³-hybridized carbons (Fsp3) is 0.333. The normalized spacial score (nSPS) is 12.1. The van der Waals surface area contributed by atoms with E-state index >= 15 is 0 Å². The topological polar surface area (TPSA) is 96.0 Å². The van der Waals surface area contributed by atoms with E-state index in [1.165, 1.54) is 29.2 Å². The molecule has 3 aromatic carbocycles. The Hall–Kier alpha value is -3.92. The molecule has 0 aliphatic carbocycles. The van der Waals surface area contributed by atoms with E-state index in [9.17, 15) is 22.4 Å². The minimum Gasteiger partial charge on any atom is -0.492 e. The molecular formula is C30H36FN3O5S. The van der Waals surface area contributed by atoms with Crippen LogP contribution in [0.1, 0.15) is 31.9 Å². The smallest absolute Gasteiger partial charge is 0.244 e. The van der Waals surface area contributed by atoms with Gasteiger partial charge < -0.3 is 15.0 Å². The molecule has 1 atom stereocenters. The van der Waals surface area contributed by atoms with Crippen molar-refractivity contribution in [3.8, 4) is 5.75 Å². The van der Waals surface area contributed by atoms with Crippen molar-refractivity contribution < 1.29 is 27.1 Å². The zero-order valence-corrected chi connectivity index (χ0v) is 24.0. The third-order valence-electron chi connectivity index (χ3n) is 6.08. The van der Waals surface area contributed by atoms with Crippen LogP contribution in [0.2, 0.25) is 0 Å². The molecular weight excluding hydrogens is 533 g/mol. The molecule has 0 radical (unpaired) electrons. The Kier molecular flexibility index (Phi) is 10.7. The van der Waals surface area contributed by atoms with Gasteiger partial charge in [0.25, 0.3) is 0 Å². The van der Waals surface area contributed by atoms with E-state index in [-0.39, 0.29) is 30.6 Å². The van der Waals surface area contributed by atoms with Crippen molar-refractivity contribution in [3.63, 3.8) is 0 Å². The van der Waals surface area contributed by atoms with Crippen molar-refractivity contribution in [2.45, 2.75) is 45.8 Å². The standard InChI is InChI=1S/C30H36FN3O5S/c1-5-39-28-14-10-9-13-26(28)34(40(4,37)38)21-29(35)33(20-24-15-17-25(31)18-16-24)27(30(36)32-22(2)3)19-23-11-7-6-8-12-23/h6-18,22,27H,5,19-21H2,1-4H3,(H,32,36)/t27-/m0/s1. The van der Waals surface area contributed by atoms with Gasteiger partial charge in [-0.1, -0.05) is 54.6 Å². The van der Waals surface area contributed by atoms with Crippen molar-refractivity contribution >= 4 is 27.5 Å². The second kappa shape index (κ2) is 13.9. The average molecular weight is 570 g/mol. The van der Waals surface area contributed by atoms with Crippen LogP contribution in [-0.2, 0) is 32.6 Å². The number of benzene rings is 3. The highest BCUT2D eigenvalue weighted by atomic mass is 32.2. The number of amides is 2. The molecule has 0 saturated heterocycles. The molecule has 0 aromatic heterocycles. The van der Waals surface area contributed by atoms with Crippen molar-refractivity contribution in [3.05, 3.63) is 95.8 Å². The summed E-state index contributed by atoms with van der Waals surface area (Å²) < 4.78 is 46.2. The first-order valence-corrected chi connectivity index (χ1v) is 14.9. The predicted molar refractivity (Wildman–Crippen MR) is 154 cm³/mol. The van der Waals surface area contributed by atoms with Crippen LogP contribution in [-0.4, -0.2) is 56.6 Å². The number of anilines is 1. The van der Waals surface area contributed by atoms with Gasteiger partial charge in [-0.05, 0) is 56.2 Å². The van der Waals surface area contributed by atoms with Crippen LogP contribution in [0.5, 0.6) is 5.75 Å².